The summed E-state index contributed by atoms with van der Waals surface area (Å²) in [5.74, 6) is 0. The molecule has 16 heavy (non-hydrogen) atoms. The molecule has 0 aliphatic rings. The molecule has 2 aromatic heterocycles. The molecule has 0 saturated carbocycles. The minimum Gasteiger partial charge on any atom is -0.319 e. The third-order valence-corrected chi connectivity index (χ3v) is 3.81. The molecular formula is C12H17N3S. The average molecular weight is 235 g/mol. The molecule has 0 bridgehead atoms. The van der Waals surface area contributed by atoms with E-state index in [9.17, 15) is 0 Å². The van der Waals surface area contributed by atoms with Crippen LogP contribution in [0, 0.1) is 27.7 Å². The van der Waals surface area contributed by atoms with Gasteiger partial charge in [0, 0.05) is 16.3 Å². The van der Waals surface area contributed by atoms with Gasteiger partial charge in [0.2, 0.25) is 0 Å². The van der Waals surface area contributed by atoms with Gasteiger partial charge in [-0.2, -0.15) is 0 Å². The molecule has 0 unspecified atom stereocenters. The minimum atomic E-state index is 0.787. The van der Waals surface area contributed by atoms with Crippen LogP contribution in [0.1, 0.15) is 27.0 Å². The number of hydrogen-bond donors (Lipinski definition) is 1. The van der Waals surface area contributed by atoms with Crippen LogP contribution in [0.5, 0.6) is 0 Å². The van der Waals surface area contributed by atoms with Crippen molar-refractivity contribution in [2.75, 3.05) is 5.43 Å². The molecular weight excluding hydrogens is 218 g/mol. The van der Waals surface area contributed by atoms with Crippen LogP contribution in [-0.4, -0.2) is 9.66 Å². The molecule has 0 saturated heterocycles. The predicted octanol–water partition coefficient (Wildman–Crippen LogP) is 2.92. The van der Waals surface area contributed by atoms with Crippen molar-refractivity contribution < 1.29 is 0 Å². The number of hydrogen-bond acceptors (Lipinski definition) is 3. The zero-order valence-electron chi connectivity index (χ0n) is 10.2. The number of nitrogens with zero attached hydrogens (tertiary/aromatic N) is 2. The molecule has 0 aromatic carbocycles. The van der Waals surface area contributed by atoms with Crippen molar-refractivity contribution in [2.24, 2.45) is 0 Å². The Kier molecular flexibility index (Phi) is 3.01. The quantitative estimate of drug-likeness (QED) is 0.886. The van der Waals surface area contributed by atoms with Gasteiger partial charge >= 0.3 is 0 Å². The van der Waals surface area contributed by atoms with Crippen molar-refractivity contribution in [3.63, 3.8) is 0 Å². The average Bonchev–Trinajstić information content (AvgIpc) is 2.70. The van der Waals surface area contributed by atoms with Gasteiger partial charge in [-0.05, 0) is 39.8 Å². The zero-order chi connectivity index (χ0) is 11.7. The Morgan fingerprint density at radius 2 is 1.81 bits per heavy atom. The summed E-state index contributed by atoms with van der Waals surface area (Å²) in [5, 5.41) is 1.14. The second-order valence-electron chi connectivity index (χ2n) is 4.04. The molecule has 3 nitrogen and oxygen atoms in total. The summed E-state index contributed by atoms with van der Waals surface area (Å²) in [6.45, 7) is 9.15. The third-order valence-electron chi connectivity index (χ3n) is 2.73. The van der Waals surface area contributed by atoms with Crippen LogP contribution in [0.3, 0.4) is 0 Å². The van der Waals surface area contributed by atoms with E-state index in [4.69, 9.17) is 0 Å². The molecule has 86 valence electrons. The summed E-state index contributed by atoms with van der Waals surface area (Å²) in [6, 6.07) is 4.22. The van der Waals surface area contributed by atoms with Gasteiger partial charge in [0.05, 0.1) is 12.2 Å². The van der Waals surface area contributed by atoms with Crippen LogP contribution in [0.2, 0.25) is 0 Å². The number of aryl methyl sites for hydroxylation is 4. The normalized spacial score (nSPS) is 10.8. The Labute approximate surface area is 100 Å². The van der Waals surface area contributed by atoms with E-state index >= 15 is 0 Å². The Morgan fingerprint density at radius 3 is 2.31 bits per heavy atom. The maximum absolute atomic E-state index is 4.51. The van der Waals surface area contributed by atoms with E-state index in [2.05, 4.69) is 54.9 Å². The summed E-state index contributed by atoms with van der Waals surface area (Å²) in [5.41, 5.74) is 6.97. The lowest BCUT2D eigenvalue weighted by atomic mass is 10.4. The first kappa shape index (κ1) is 11.2. The second-order valence-corrected chi connectivity index (χ2v) is 5.32. The number of aromatic nitrogens is 2. The van der Waals surface area contributed by atoms with E-state index < -0.39 is 0 Å². The maximum Gasteiger partial charge on any atom is 0.114 e. The van der Waals surface area contributed by atoms with Gasteiger partial charge in [0.15, 0.2) is 0 Å². The van der Waals surface area contributed by atoms with Gasteiger partial charge in [-0.15, -0.1) is 11.3 Å². The summed E-state index contributed by atoms with van der Waals surface area (Å²) in [7, 11) is 0. The lowest BCUT2D eigenvalue weighted by molar-refractivity contribution is 0.788. The highest BCUT2D eigenvalue weighted by Gasteiger charge is 2.04. The van der Waals surface area contributed by atoms with Crippen LogP contribution in [0.25, 0.3) is 0 Å². The number of rotatable bonds is 3. The Balaban J connectivity index is 2.08. The number of thiazole rings is 1. The third kappa shape index (κ3) is 2.11. The van der Waals surface area contributed by atoms with Gasteiger partial charge in [0.25, 0.3) is 0 Å². The molecule has 0 amide bonds. The largest absolute Gasteiger partial charge is 0.319 e. The fourth-order valence-electron chi connectivity index (χ4n) is 1.68. The molecule has 0 aliphatic heterocycles. The monoisotopic (exact) mass is 235 g/mol. The molecule has 0 atom stereocenters. The topological polar surface area (TPSA) is 29.9 Å². The molecule has 0 aliphatic carbocycles. The van der Waals surface area contributed by atoms with E-state index in [-0.39, 0.29) is 0 Å². The molecule has 4 heteroatoms. The van der Waals surface area contributed by atoms with Crippen LogP contribution in [0.4, 0.5) is 0 Å². The van der Waals surface area contributed by atoms with E-state index in [0.717, 1.165) is 17.2 Å². The summed E-state index contributed by atoms with van der Waals surface area (Å²) >= 11 is 1.76. The minimum absolute atomic E-state index is 0.787. The van der Waals surface area contributed by atoms with Crippen molar-refractivity contribution in [1.82, 2.24) is 9.66 Å². The van der Waals surface area contributed by atoms with E-state index in [1.54, 1.807) is 11.3 Å². The van der Waals surface area contributed by atoms with Crippen molar-refractivity contribution >= 4 is 11.3 Å². The first-order valence-electron chi connectivity index (χ1n) is 5.39. The molecule has 0 radical (unpaired) electrons. The van der Waals surface area contributed by atoms with Crippen molar-refractivity contribution in [3.8, 4) is 0 Å². The summed E-state index contributed by atoms with van der Waals surface area (Å²) in [6.07, 6.45) is 0. The van der Waals surface area contributed by atoms with Crippen LogP contribution >= 0.6 is 11.3 Å². The standard InChI is InChI=1S/C12H17N3S/c1-8-5-6-9(2)15(8)13-7-12-14-10(3)11(4)16-12/h5-6,13H,7H2,1-4H3. The van der Waals surface area contributed by atoms with Crippen LogP contribution in [0.15, 0.2) is 12.1 Å². The summed E-state index contributed by atoms with van der Waals surface area (Å²) < 4.78 is 2.10. The Hall–Kier alpha value is -1.29. The van der Waals surface area contributed by atoms with Crippen LogP contribution in [-0.2, 0) is 6.54 Å². The van der Waals surface area contributed by atoms with Gasteiger partial charge in [-0.3, -0.25) is 4.68 Å². The SMILES string of the molecule is Cc1nc(CNn2c(C)ccc2C)sc1C. The first-order valence-corrected chi connectivity index (χ1v) is 6.21. The van der Waals surface area contributed by atoms with Crippen molar-refractivity contribution in [2.45, 2.75) is 34.2 Å². The first-order chi connectivity index (χ1) is 7.58. The van der Waals surface area contributed by atoms with Gasteiger partial charge < -0.3 is 5.43 Å². The predicted molar refractivity (Wildman–Crippen MR) is 68.6 cm³/mol. The Morgan fingerprint density at radius 1 is 1.19 bits per heavy atom. The highest BCUT2D eigenvalue weighted by Crippen LogP contribution is 2.16. The van der Waals surface area contributed by atoms with Gasteiger partial charge in [0.1, 0.15) is 5.01 Å². The second kappa shape index (κ2) is 4.29. The molecule has 1 N–H and O–H groups in total. The molecule has 2 aromatic rings. The highest BCUT2D eigenvalue weighted by molar-refractivity contribution is 7.11. The fourth-order valence-corrected chi connectivity index (χ4v) is 2.55. The lowest BCUT2D eigenvalue weighted by Gasteiger charge is -2.10. The van der Waals surface area contributed by atoms with Crippen molar-refractivity contribution in [3.05, 3.63) is 39.1 Å². The summed E-state index contributed by atoms with van der Waals surface area (Å²) in [4.78, 5) is 5.82. The molecule has 2 rings (SSSR count). The number of nitrogens with one attached hydrogen (secondary N) is 1. The molecule has 0 spiro atoms. The van der Waals surface area contributed by atoms with Crippen molar-refractivity contribution in [1.29, 1.82) is 0 Å². The molecule has 2 heterocycles. The van der Waals surface area contributed by atoms with Gasteiger partial charge in [-0.25, -0.2) is 4.98 Å². The van der Waals surface area contributed by atoms with E-state index in [1.807, 2.05) is 0 Å². The van der Waals surface area contributed by atoms with Crippen LogP contribution < -0.4 is 5.43 Å². The highest BCUT2D eigenvalue weighted by atomic mass is 32.1. The zero-order valence-corrected chi connectivity index (χ0v) is 11.0. The smallest absolute Gasteiger partial charge is 0.114 e. The Bertz CT molecular complexity index is 457. The lowest BCUT2D eigenvalue weighted by Crippen LogP contribution is -2.16. The van der Waals surface area contributed by atoms with E-state index in [0.29, 0.717) is 0 Å². The van der Waals surface area contributed by atoms with Gasteiger partial charge in [-0.1, -0.05) is 0 Å². The van der Waals surface area contributed by atoms with E-state index in [1.165, 1.54) is 16.3 Å². The fraction of sp³-hybridized carbons (Fsp3) is 0.417. The molecule has 0 fully saturated rings. The maximum atomic E-state index is 4.51.